The molecule has 3 fully saturated rings. The smallest absolute Gasteiger partial charge is 0.183 e. The van der Waals surface area contributed by atoms with Crippen molar-refractivity contribution in [2.75, 3.05) is 18.3 Å². The van der Waals surface area contributed by atoms with Gasteiger partial charge in [-0.1, -0.05) is 31.2 Å². The summed E-state index contributed by atoms with van der Waals surface area (Å²) in [5, 5.41) is 26.5. The maximum absolute atomic E-state index is 11.4. The highest BCUT2D eigenvalue weighted by molar-refractivity contribution is 5.92. The maximum atomic E-state index is 11.4. The van der Waals surface area contributed by atoms with Crippen LogP contribution in [0, 0.1) is 16.7 Å². The van der Waals surface area contributed by atoms with Crippen LogP contribution in [0.5, 0.6) is 0 Å². The molecule has 4 heterocycles. The Balaban J connectivity index is 1.40. The Morgan fingerprint density at radius 2 is 1.89 bits per heavy atom. The molecule has 188 valence electrons. The molecule has 2 aliphatic heterocycles. The minimum Gasteiger partial charge on any atom is -0.411 e. The van der Waals surface area contributed by atoms with E-state index in [9.17, 15) is 10.4 Å². The molecule has 1 spiro atoms. The van der Waals surface area contributed by atoms with Gasteiger partial charge in [0.1, 0.15) is 11.8 Å². The zero-order valence-electron chi connectivity index (χ0n) is 20.6. The molecule has 4 atom stereocenters. The summed E-state index contributed by atoms with van der Waals surface area (Å²) in [6, 6.07) is 0. The fourth-order valence-corrected chi connectivity index (χ4v) is 7.30. The maximum Gasteiger partial charge on any atom is 0.183 e. The lowest BCUT2D eigenvalue weighted by molar-refractivity contribution is -0.279. The van der Waals surface area contributed by atoms with Crippen LogP contribution in [0.3, 0.4) is 0 Å². The summed E-state index contributed by atoms with van der Waals surface area (Å²) in [5.41, 5.74) is 0.610. The second-order valence-corrected chi connectivity index (χ2v) is 11.2. The number of anilines is 1. The molecule has 35 heavy (non-hydrogen) atoms. The van der Waals surface area contributed by atoms with Crippen LogP contribution in [0.1, 0.15) is 59.3 Å². The second kappa shape index (κ2) is 7.72. The molecule has 1 saturated heterocycles. The highest BCUT2D eigenvalue weighted by Gasteiger charge is 2.64. The number of oxime groups is 1. The molecular formula is C25H34N6O4. The molecule has 0 unspecified atom stereocenters. The number of ether oxygens (including phenoxy) is 2. The van der Waals surface area contributed by atoms with Crippen LogP contribution in [-0.2, 0) is 16.0 Å². The molecule has 10 nitrogen and oxygen atoms in total. The summed E-state index contributed by atoms with van der Waals surface area (Å²) >= 11 is 0. The number of allylic oxidation sites excluding steroid dienone is 1. The third-order valence-electron chi connectivity index (χ3n) is 9.46. The topological polar surface area (TPSA) is 118 Å². The summed E-state index contributed by atoms with van der Waals surface area (Å²) in [7, 11) is 0. The number of hydrogen-bond acceptors (Lipinski definition) is 9. The van der Waals surface area contributed by atoms with Gasteiger partial charge in [-0.25, -0.2) is 20.0 Å². The number of fused-ring (bicyclic) bond motifs is 2. The van der Waals surface area contributed by atoms with Gasteiger partial charge in [0.15, 0.2) is 17.3 Å². The normalized spacial score (nSPS) is 37.9. The van der Waals surface area contributed by atoms with Crippen LogP contribution in [0.25, 0.3) is 11.2 Å². The van der Waals surface area contributed by atoms with Crippen molar-refractivity contribution >= 4 is 22.7 Å². The van der Waals surface area contributed by atoms with Gasteiger partial charge in [-0.05, 0) is 44.9 Å². The van der Waals surface area contributed by atoms with E-state index in [1.54, 1.807) is 6.33 Å². The molecular weight excluding hydrogens is 448 g/mol. The van der Waals surface area contributed by atoms with E-state index in [2.05, 4.69) is 46.1 Å². The molecule has 10 heteroatoms. The van der Waals surface area contributed by atoms with E-state index in [0.717, 1.165) is 36.9 Å². The van der Waals surface area contributed by atoms with Crippen LogP contribution >= 0.6 is 0 Å². The standard InChI is InChI=1S/C25H34N6O4/c1-22(11-12-30-16-28-20-19(30)21(31(22)33)27-15-26-20)9-10-23(2)17-5-4-7-25(34-13-14-35-25)24(17,3)8-6-18(23)29-32/h9-10,15-17,32-33H,4-8,11-14H2,1-3H3/b10-9+,29-18+/t17-,22-,23-,24-/m0/s1. The molecule has 2 aromatic rings. The minimum absolute atomic E-state index is 0.169. The Morgan fingerprint density at radius 1 is 1.09 bits per heavy atom. The number of hydrogen-bond donors (Lipinski definition) is 2. The van der Waals surface area contributed by atoms with Gasteiger partial charge < -0.3 is 19.2 Å². The largest absolute Gasteiger partial charge is 0.411 e. The van der Waals surface area contributed by atoms with E-state index in [-0.39, 0.29) is 11.3 Å². The Bertz CT molecular complexity index is 1210. The van der Waals surface area contributed by atoms with Crippen LogP contribution < -0.4 is 5.06 Å². The zero-order valence-corrected chi connectivity index (χ0v) is 20.6. The molecule has 0 radical (unpaired) electrons. The summed E-state index contributed by atoms with van der Waals surface area (Å²) in [4.78, 5) is 13.0. The van der Waals surface area contributed by atoms with Crippen molar-refractivity contribution in [3.05, 3.63) is 24.8 Å². The van der Waals surface area contributed by atoms with Gasteiger partial charge in [-0.15, -0.1) is 0 Å². The van der Waals surface area contributed by atoms with Crippen molar-refractivity contribution in [2.45, 2.75) is 77.2 Å². The van der Waals surface area contributed by atoms with Crippen molar-refractivity contribution in [2.24, 2.45) is 21.9 Å². The van der Waals surface area contributed by atoms with Gasteiger partial charge in [0, 0.05) is 23.8 Å². The summed E-state index contributed by atoms with van der Waals surface area (Å²) < 4.78 is 14.6. The van der Waals surface area contributed by atoms with Crippen LogP contribution in [0.2, 0.25) is 0 Å². The van der Waals surface area contributed by atoms with Crippen molar-refractivity contribution in [3.63, 3.8) is 0 Å². The molecule has 6 rings (SSSR count). The van der Waals surface area contributed by atoms with Crippen LogP contribution in [-0.4, -0.2) is 60.2 Å². The molecule has 4 aliphatic rings. The fraction of sp³-hybridized carbons (Fsp3) is 0.680. The Kier molecular flexibility index (Phi) is 5.04. The fourth-order valence-electron chi connectivity index (χ4n) is 7.30. The van der Waals surface area contributed by atoms with E-state index in [4.69, 9.17) is 9.47 Å². The first-order valence-corrected chi connectivity index (χ1v) is 12.6. The first-order valence-electron chi connectivity index (χ1n) is 12.6. The summed E-state index contributed by atoms with van der Waals surface area (Å²) in [6.07, 6.45) is 12.4. The van der Waals surface area contributed by atoms with E-state index in [1.807, 2.05) is 11.5 Å². The highest BCUT2D eigenvalue weighted by atomic mass is 16.7. The predicted molar refractivity (Wildman–Crippen MR) is 128 cm³/mol. The van der Waals surface area contributed by atoms with Gasteiger partial charge in [-0.3, -0.25) is 5.21 Å². The number of aromatic nitrogens is 4. The third-order valence-corrected chi connectivity index (χ3v) is 9.46. The Labute approximate surface area is 204 Å². The SMILES string of the molecule is C[C@]1(/C=C/[C@]2(C)/C(=N/O)CC[C@@]3(C)[C@H]2CCCC32OCCO2)CCn2cnc3ncnc(c32)N1O. The summed E-state index contributed by atoms with van der Waals surface area (Å²) in [6.45, 7) is 8.36. The minimum atomic E-state index is -0.732. The molecule has 2 saturated carbocycles. The van der Waals surface area contributed by atoms with Crippen LogP contribution in [0.15, 0.2) is 30.0 Å². The number of nitrogens with zero attached hydrogens (tertiary/aromatic N) is 6. The van der Waals surface area contributed by atoms with Gasteiger partial charge in [-0.2, -0.15) is 0 Å². The lowest BCUT2D eigenvalue weighted by atomic mass is 9.48. The zero-order chi connectivity index (χ0) is 24.5. The monoisotopic (exact) mass is 482 g/mol. The number of hydroxylamine groups is 1. The Hall–Kier alpha value is -2.56. The van der Waals surface area contributed by atoms with E-state index in [0.29, 0.717) is 44.1 Å². The molecule has 2 N–H and O–H groups in total. The number of imidazole rings is 1. The average Bonchev–Trinajstić information content (AvgIpc) is 3.48. The molecule has 0 bridgehead atoms. The first-order chi connectivity index (χ1) is 16.8. The van der Waals surface area contributed by atoms with Gasteiger partial charge in [0.25, 0.3) is 0 Å². The predicted octanol–water partition coefficient (Wildman–Crippen LogP) is 3.92. The quantitative estimate of drug-likeness (QED) is 0.376. The lowest BCUT2D eigenvalue weighted by Gasteiger charge is -2.60. The van der Waals surface area contributed by atoms with Crippen molar-refractivity contribution in [3.8, 4) is 0 Å². The molecule has 0 aromatic carbocycles. The summed E-state index contributed by atoms with van der Waals surface area (Å²) in [5.74, 6) is 0.0313. The van der Waals surface area contributed by atoms with Gasteiger partial charge >= 0.3 is 0 Å². The molecule has 2 aliphatic carbocycles. The number of rotatable bonds is 2. The molecule has 0 amide bonds. The number of aryl methyl sites for hydroxylation is 1. The second-order valence-electron chi connectivity index (χ2n) is 11.2. The van der Waals surface area contributed by atoms with Crippen molar-refractivity contribution < 1.29 is 19.9 Å². The van der Waals surface area contributed by atoms with Crippen molar-refractivity contribution in [1.82, 2.24) is 19.5 Å². The van der Waals surface area contributed by atoms with E-state index < -0.39 is 16.7 Å². The van der Waals surface area contributed by atoms with E-state index >= 15 is 0 Å². The van der Waals surface area contributed by atoms with Crippen molar-refractivity contribution in [1.29, 1.82) is 0 Å². The highest BCUT2D eigenvalue weighted by Crippen LogP contribution is 2.63. The first kappa shape index (κ1) is 22.9. The lowest BCUT2D eigenvalue weighted by Crippen LogP contribution is -2.62. The Morgan fingerprint density at radius 3 is 2.66 bits per heavy atom. The van der Waals surface area contributed by atoms with E-state index in [1.165, 1.54) is 11.4 Å². The van der Waals surface area contributed by atoms with Gasteiger partial charge in [0.05, 0.1) is 30.8 Å². The van der Waals surface area contributed by atoms with Crippen LogP contribution in [0.4, 0.5) is 5.82 Å². The average molecular weight is 483 g/mol. The van der Waals surface area contributed by atoms with Gasteiger partial charge in [0.2, 0.25) is 0 Å². The third kappa shape index (κ3) is 3.06. The molecule has 2 aromatic heterocycles.